The Kier molecular flexibility index (Phi) is 5.04. The molecule has 2 aromatic rings. The highest BCUT2D eigenvalue weighted by molar-refractivity contribution is 14.1. The number of terminal acetylenes is 1. The van der Waals surface area contributed by atoms with Crippen LogP contribution in [-0.2, 0) is 10.3 Å². The van der Waals surface area contributed by atoms with Gasteiger partial charge in [-0.1, -0.05) is 42.8 Å². The highest BCUT2D eigenvalue weighted by Gasteiger charge is 2.29. The summed E-state index contributed by atoms with van der Waals surface area (Å²) in [6, 6.07) is 14.6. The van der Waals surface area contributed by atoms with E-state index in [0.717, 1.165) is 14.7 Å². The topological polar surface area (TPSA) is 26.3 Å². The van der Waals surface area contributed by atoms with E-state index in [9.17, 15) is 4.79 Å². The number of benzene rings is 2. The predicted molar refractivity (Wildman–Crippen MR) is 97.3 cm³/mol. The van der Waals surface area contributed by atoms with Gasteiger partial charge >= 0.3 is 5.97 Å². The number of hydrogen-bond acceptors (Lipinski definition) is 2. The molecule has 0 heterocycles. The average Bonchev–Trinajstić information content (AvgIpc) is 2.55. The molecule has 0 aliphatic heterocycles. The molecule has 1 unspecified atom stereocenters. The Morgan fingerprint density at radius 3 is 2.32 bits per heavy atom. The fraction of sp³-hybridized carbons (Fsp3) is 0.105. The number of rotatable bonds is 4. The van der Waals surface area contributed by atoms with Gasteiger partial charge in [0.25, 0.3) is 0 Å². The zero-order valence-corrected chi connectivity index (χ0v) is 14.3. The normalized spacial score (nSPS) is 12.8. The van der Waals surface area contributed by atoms with Gasteiger partial charge in [-0.3, -0.25) is 0 Å². The molecule has 2 aromatic carbocycles. The molecule has 0 fully saturated rings. The number of esters is 1. The third-order valence-electron chi connectivity index (χ3n) is 3.35. The molecule has 2 nitrogen and oxygen atoms in total. The van der Waals surface area contributed by atoms with Crippen LogP contribution in [0.5, 0.6) is 0 Å². The number of ether oxygens (including phenoxy) is 1. The predicted octanol–water partition coefficient (Wildman–Crippen LogP) is 4.64. The van der Waals surface area contributed by atoms with Crippen LogP contribution in [-0.4, -0.2) is 5.97 Å². The number of carbonyl (C=O) groups is 1. The van der Waals surface area contributed by atoms with Crippen LogP contribution in [0.25, 0.3) is 6.08 Å². The van der Waals surface area contributed by atoms with E-state index < -0.39 is 11.6 Å². The van der Waals surface area contributed by atoms with Crippen molar-refractivity contribution in [2.45, 2.75) is 12.5 Å². The van der Waals surface area contributed by atoms with Crippen molar-refractivity contribution in [3.8, 4) is 12.3 Å². The van der Waals surface area contributed by atoms with Crippen molar-refractivity contribution in [2.75, 3.05) is 0 Å². The number of hydrogen-bond donors (Lipinski definition) is 0. The lowest BCUT2D eigenvalue weighted by atomic mass is 9.96. The van der Waals surface area contributed by atoms with Crippen LogP contribution < -0.4 is 0 Å². The number of halogens is 1. The molecule has 3 heteroatoms. The van der Waals surface area contributed by atoms with Crippen LogP contribution in [0.2, 0.25) is 0 Å². The van der Waals surface area contributed by atoms with E-state index in [1.165, 1.54) is 0 Å². The molecule has 0 radical (unpaired) electrons. The second-order valence-corrected chi connectivity index (χ2v) is 6.15. The molecule has 0 saturated carbocycles. The van der Waals surface area contributed by atoms with E-state index in [1.54, 1.807) is 25.1 Å². The van der Waals surface area contributed by atoms with Crippen LogP contribution in [0.15, 0.2) is 55.1 Å². The van der Waals surface area contributed by atoms with Gasteiger partial charge in [0, 0.05) is 9.13 Å². The first-order valence-corrected chi connectivity index (χ1v) is 7.76. The summed E-state index contributed by atoms with van der Waals surface area (Å²) < 4.78 is 6.66. The van der Waals surface area contributed by atoms with Gasteiger partial charge in [0.2, 0.25) is 0 Å². The van der Waals surface area contributed by atoms with Crippen LogP contribution in [0.1, 0.15) is 28.4 Å². The lowest BCUT2D eigenvalue weighted by Crippen LogP contribution is -2.27. The van der Waals surface area contributed by atoms with Gasteiger partial charge in [0.1, 0.15) is 0 Å². The summed E-state index contributed by atoms with van der Waals surface area (Å²) in [4.78, 5) is 12.3. The first-order chi connectivity index (χ1) is 10.5. The minimum absolute atomic E-state index is 0.449. The van der Waals surface area contributed by atoms with Crippen molar-refractivity contribution in [1.82, 2.24) is 0 Å². The van der Waals surface area contributed by atoms with Crippen LogP contribution in [0.3, 0.4) is 0 Å². The molecule has 0 saturated heterocycles. The molecule has 2 rings (SSSR count). The van der Waals surface area contributed by atoms with Crippen molar-refractivity contribution >= 4 is 34.6 Å². The highest BCUT2D eigenvalue weighted by atomic mass is 127. The maximum atomic E-state index is 12.3. The van der Waals surface area contributed by atoms with Crippen LogP contribution in [0.4, 0.5) is 0 Å². The van der Waals surface area contributed by atoms with Gasteiger partial charge in [-0.25, -0.2) is 4.79 Å². The van der Waals surface area contributed by atoms with Crippen LogP contribution in [0, 0.1) is 15.9 Å². The molecule has 0 aliphatic rings. The maximum absolute atomic E-state index is 12.3. The zero-order valence-electron chi connectivity index (χ0n) is 12.2. The van der Waals surface area contributed by atoms with Crippen LogP contribution >= 0.6 is 22.6 Å². The Balaban J connectivity index is 2.25. The van der Waals surface area contributed by atoms with E-state index in [2.05, 4.69) is 35.1 Å². The Morgan fingerprint density at radius 2 is 1.82 bits per heavy atom. The molecule has 0 aromatic heterocycles. The first-order valence-electron chi connectivity index (χ1n) is 6.68. The van der Waals surface area contributed by atoms with Gasteiger partial charge in [-0.15, -0.1) is 6.42 Å². The van der Waals surface area contributed by atoms with Crippen molar-refractivity contribution in [3.63, 3.8) is 0 Å². The molecule has 1 atom stereocenters. The van der Waals surface area contributed by atoms with Crippen molar-refractivity contribution in [2.24, 2.45) is 0 Å². The Hall–Kier alpha value is -2.06. The fourth-order valence-corrected chi connectivity index (χ4v) is 2.30. The number of carbonyl (C=O) groups excluding carboxylic acids is 1. The third kappa shape index (κ3) is 3.58. The van der Waals surface area contributed by atoms with E-state index in [-0.39, 0.29) is 0 Å². The molecule has 110 valence electrons. The van der Waals surface area contributed by atoms with Gasteiger partial charge in [-0.2, -0.15) is 0 Å². The summed E-state index contributed by atoms with van der Waals surface area (Å²) in [6.45, 7) is 5.40. The Bertz CT molecular complexity index is 724. The largest absolute Gasteiger partial charge is 0.438 e. The molecule has 0 aliphatic carbocycles. The van der Waals surface area contributed by atoms with Crippen molar-refractivity contribution in [3.05, 3.63) is 75.4 Å². The Morgan fingerprint density at radius 1 is 1.23 bits per heavy atom. The second-order valence-electron chi connectivity index (χ2n) is 4.90. The summed E-state index contributed by atoms with van der Waals surface area (Å²) in [5.41, 5.74) is 1.07. The van der Waals surface area contributed by atoms with E-state index in [4.69, 9.17) is 11.2 Å². The average molecular weight is 402 g/mol. The summed E-state index contributed by atoms with van der Waals surface area (Å²) >= 11 is 2.21. The van der Waals surface area contributed by atoms with Gasteiger partial charge in [-0.05, 0) is 59.3 Å². The SMILES string of the molecule is C#CC(C)(OC(=O)c1ccc(C=C)cc1)c1ccc(I)cc1. The molecular formula is C19H15IO2. The monoisotopic (exact) mass is 402 g/mol. The summed E-state index contributed by atoms with van der Waals surface area (Å²) in [6.07, 6.45) is 7.32. The lowest BCUT2D eigenvalue weighted by Gasteiger charge is -2.24. The minimum atomic E-state index is -1.10. The summed E-state index contributed by atoms with van der Waals surface area (Å²) in [5, 5.41) is 0. The second kappa shape index (κ2) is 6.80. The molecule has 0 bridgehead atoms. The van der Waals surface area contributed by atoms with E-state index >= 15 is 0 Å². The molecule has 0 amide bonds. The summed E-state index contributed by atoms with van der Waals surface area (Å²) in [5.74, 6) is 2.13. The summed E-state index contributed by atoms with van der Waals surface area (Å²) in [7, 11) is 0. The van der Waals surface area contributed by atoms with Gasteiger partial charge in [0.15, 0.2) is 5.60 Å². The molecular weight excluding hydrogens is 387 g/mol. The first kappa shape index (κ1) is 16.3. The van der Waals surface area contributed by atoms with Crippen molar-refractivity contribution in [1.29, 1.82) is 0 Å². The van der Waals surface area contributed by atoms with E-state index in [1.807, 2.05) is 36.4 Å². The quantitative estimate of drug-likeness (QED) is 0.423. The molecule has 0 N–H and O–H groups in total. The maximum Gasteiger partial charge on any atom is 0.339 e. The fourth-order valence-electron chi connectivity index (χ4n) is 1.94. The molecule has 0 spiro atoms. The van der Waals surface area contributed by atoms with E-state index in [0.29, 0.717) is 5.56 Å². The third-order valence-corrected chi connectivity index (χ3v) is 4.07. The zero-order chi connectivity index (χ0) is 16.2. The molecule has 22 heavy (non-hydrogen) atoms. The standard InChI is InChI=1S/C19H15IO2/c1-4-14-6-8-15(9-7-14)18(21)22-19(3,5-2)16-10-12-17(20)13-11-16/h2,4,6-13H,1H2,3H3. The minimum Gasteiger partial charge on any atom is -0.438 e. The lowest BCUT2D eigenvalue weighted by molar-refractivity contribution is 0.0129. The Labute approximate surface area is 144 Å². The van der Waals surface area contributed by atoms with Gasteiger partial charge in [0.05, 0.1) is 5.56 Å². The smallest absolute Gasteiger partial charge is 0.339 e. The van der Waals surface area contributed by atoms with Crippen molar-refractivity contribution < 1.29 is 9.53 Å². The highest BCUT2D eigenvalue weighted by Crippen LogP contribution is 2.26. The van der Waals surface area contributed by atoms with Gasteiger partial charge < -0.3 is 4.74 Å².